The van der Waals surface area contributed by atoms with Crippen LogP contribution in [0.15, 0.2) is 54.6 Å². The standard InChI is InChI=1S/C23H26F3NO2/c1-16(18-6-4-3-5-7-18)27-13-12-17(15-22(28)29-2)14-21(27)19-8-10-20(11-9-19)23(24,25)26/h3-11,16-17,21H,12-15H2,1-2H3/t16?,17-,21+/m0/s1. The Morgan fingerprint density at radius 2 is 1.79 bits per heavy atom. The predicted molar refractivity (Wildman–Crippen MR) is 105 cm³/mol. The van der Waals surface area contributed by atoms with Crippen molar-refractivity contribution in [1.82, 2.24) is 4.90 Å². The summed E-state index contributed by atoms with van der Waals surface area (Å²) in [7, 11) is 1.38. The van der Waals surface area contributed by atoms with E-state index in [2.05, 4.69) is 24.0 Å². The van der Waals surface area contributed by atoms with E-state index >= 15 is 0 Å². The Hall–Kier alpha value is -2.34. The van der Waals surface area contributed by atoms with Crippen LogP contribution in [0.2, 0.25) is 0 Å². The van der Waals surface area contributed by atoms with Crippen molar-refractivity contribution in [2.45, 2.75) is 44.4 Å². The third kappa shape index (κ3) is 5.18. The molecule has 0 bridgehead atoms. The number of hydrogen-bond acceptors (Lipinski definition) is 3. The zero-order valence-corrected chi connectivity index (χ0v) is 16.7. The van der Waals surface area contributed by atoms with E-state index in [1.807, 2.05) is 18.2 Å². The van der Waals surface area contributed by atoms with Crippen LogP contribution in [0.5, 0.6) is 0 Å². The molecule has 1 fully saturated rings. The molecule has 0 aliphatic carbocycles. The van der Waals surface area contributed by atoms with Gasteiger partial charge < -0.3 is 4.74 Å². The topological polar surface area (TPSA) is 29.5 Å². The molecule has 1 aliphatic rings. The first-order chi connectivity index (χ1) is 13.8. The molecule has 0 saturated carbocycles. The maximum Gasteiger partial charge on any atom is 0.416 e. The molecule has 6 heteroatoms. The van der Waals surface area contributed by atoms with E-state index in [-0.39, 0.29) is 24.0 Å². The highest BCUT2D eigenvalue weighted by Crippen LogP contribution is 2.41. The van der Waals surface area contributed by atoms with Crippen molar-refractivity contribution in [3.63, 3.8) is 0 Å². The molecule has 29 heavy (non-hydrogen) atoms. The first kappa shape index (κ1) is 21.4. The van der Waals surface area contributed by atoms with Crippen LogP contribution in [-0.4, -0.2) is 24.5 Å². The van der Waals surface area contributed by atoms with E-state index in [9.17, 15) is 18.0 Å². The van der Waals surface area contributed by atoms with Crippen LogP contribution in [0.4, 0.5) is 13.2 Å². The summed E-state index contributed by atoms with van der Waals surface area (Å²) in [5.74, 6) is -0.0975. The second-order valence-electron chi connectivity index (χ2n) is 7.63. The van der Waals surface area contributed by atoms with E-state index in [1.165, 1.54) is 7.11 Å². The zero-order chi connectivity index (χ0) is 21.0. The van der Waals surface area contributed by atoms with Gasteiger partial charge in [-0.3, -0.25) is 9.69 Å². The lowest BCUT2D eigenvalue weighted by Gasteiger charge is -2.43. The molecule has 1 unspecified atom stereocenters. The number of carbonyl (C=O) groups is 1. The summed E-state index contributed by atoms with van der Waals surface area (Å²) in [5, 5.41) is 0. The molecule has 1 aliphatic heterocycles. The number of benzene rings is 2. The lowest BCUT2D eigenvalue weighted by atomic mass is 9.83. The normalized spacial score (nSPS) is 21.6. The Bertz CT molecular complexity index is 805. The molecular formula is C23H26F3NO2. The van der Waals surface area contributed by atoms with Crippen molar-refractivity contribution in [2.24, 2.45) is 5.92 Å². The fourth-order valence-electron chi connectivity index (χ4n) is 4.17. The number of alkyl halides is 3. The average Bonchev–Trinajstić information content (AvgIpc) is 2.73. The average molecular weight is 405 g/mol. The van der Waals surface area contributed by atoms with Crippen LogP contribution in [-0.2, 0) is 15.7 Å². The zero-order valence-electron chi connectivity index (χ0n) is 16.7. The highest BCUT2D eigenvalue weighted by Gasteiger charge is 2.35. The molecule has 2 aromatic rings. The van der Waals surface area contributed by atoms with Gasteiger partial charge in [-0.25, -0.2) is 0 Å². The second-order valence-corrected chi connectivity index (χ2v) is 7.63. The molecule has 3 atom stereocenters. The minimum atomic E-state index is -4.35. The summed E-state index contributed by atoms with van der Waals surface area (Å²) in [6.07, 6.45) is -2.46. The van der Waals surface area contributed by atoms with Gasteiger partial charge in [-0.15, -0.1) is 0 Å². The number of likely N-dealkylation sites (tertiary alicyclic amines) is 1. The molecular weight excluding hydrogens is 379 g/mol. The van der Waals surface area contributed by atoms with Crippen LogP contribution >= 0.6 is 0 Å². The van der Waals surface area contributed by atoms with Crippen LogP contribution in [0.3, 0.4) is 0 Å². The van der Waals surface area contributed by atoms with Gasteiger partial charge in [0, 0.05) is 18.5 Å². The Balaban J connectivity index is 1.87. The van der Waals surface area contributed by atoms with Crippen molar-refractivity contribution in [1.29, 1.82) is 0 Å². The molecule has 0 N–H and O–H groups in total. The number of piperidine rings is 1. The molecule has 0 amide bonds. The molecule has 0 spiro atoms. The fourth-order valence-corrected chi connectivity index (χ4v) is 4.17. The Morgan fingerprint density at radius 3 is 2.38 bits per heavy atom. The minimum Gasteiger partial charge on any atom is -0.469 e. The van der Waals surface area contributed by atoms with Crippen molar-refractivity contribution in [2.75, 3.05) is 13.7 Å². The monoisotopic (exact) mass is 405 g/mol. The maximum absolute atomic E-state index is 13.0. The predicted octanol–water partition coefficient (Wildman–Crippen LogP) is 5.78. The van der Waals surface area contributed by atoms with Crippen LogP contribution in [0, 0.1) is 5.92 Å². The van der Waals surface area contributed by atoms with Gasteiger partial charge in [0.2, 0.25) is 0 Å². The number of halogens is 3. The second kappa shape index (κ2) is 8.99. The Morgan fingerprint density at radius 1 is 1.14 bits per heavy atom. The van der Waals surface area contributed by atoms with E-state index in [0.29, 0.717) is 12.8 Å². The Labute approximate surface area is 169 Å². The van der Waals surface area contributed by atoms with Gasteiger partial charge in [0.05, 0.1) is 12.7 Å². The fraction of sp³-hybridized carbons (Fsp3) is 0.435. The molecule has 0 radical (unpaired) electrons. The van der Waals surface area contributed by atoms with Gasteiger partial charge in [-0.05, 0) is 55.5 Å². The Kier molecular flexibility index (Phi) is 6.63. The largest absolute Gasteiger partial charge is 0.469 e. The number of ether oxygens (including phenoxy) is 1. The molecule has 3 rings (SSSR count). The lowest BCUT2D eigenvalue weighted by Crippen LogP contribution is -2.39. The quantitative estimate of drug-likeness (QED) is 0.591. The van der Waals surface area contributed by atoms with Crippen molar-refractivity contribution in [3.05, 3.63) is 71.3 Å². The smallest absolute Gasteiger partial charge is 0.416 e. The third-order valence-corrected chi connectivity index (χ3v) is 5.84. The number of carbonyl (C=O) groups excluding carboxylic acids is 1. The van der Waals surface area contributed by atoms with E-state index in [1.54, 1.807) is 12.1 Å². The summed E-state index contributed by atoms with van der Waals surface area (Å²) in [6, 6.07) is 15.5. The summed E-state index contributed by atoms with van der Waals surface area (Å²) >= 11 is 0. The SMILES string of the molecule is COC(=O)C[C@H]1CCN(C(C)c2ccccc2)[C@@H](c2ccc(C(F)(F)F)cc2)C1. The van der Waals surface area contributed by atoms with Gasteiger partial charge in [-0.2, -0.15) is 13.2 Å². The number of esters is 1. The van der Waals surface area contributed by atoms with E-state index in [0.717, 1.165) is 36.2 Å². The maximum atomic E-state index is 13.0. The van der Waals surface area contributed by atoms with Gasteiger partial charge in [0.15, 0.2) is 0 Å². The van der Waals surface area contributed by atoms with E-state index < -0.39 is 11.7 Å². The number of methoxy groups -OCH3 is 1. The first-order valence-corrected chi connectivity index (χ1v) is 9.84. The van der Waals surface area contributed by atoms with Gasteiger partial charge in [0.1, 0.15) is 0 Å². The summed E-state index contributed by atoms with van der Waals surface area (Å²) in [6.45, 7) is 2.89. The van der Waals surface area contributed by atoms with Crippen molar-refractivity contribution >= 4 is 5.97 Å². The molecule has 1 saturated heterocycles. The minimum absolute atomic E-state index is 0.0594. The molecule has 2 aromatic carbocycles. The summed E-state index contributed by atoms with van der Waals surface area (Å²) < 4.78 is 43.7. The van der Waals surface area contributed by atoms with Crippen LogP contribution < -0.4 is 0 Å². The molecule has 1 heterocycles. The van der Waals surface area contributed by atoms with Crippen LogP contribution in [0.25, 0.3) is 0 Å². The van der Waals surface area contributed by atoms with E-state index in [4.69, 9.17) is 4.74 Å². The van der Waals surface area contributed by atoms with Gasteiger partial charge >= 0.3 is 12.1 Å². The third-order valence-electron chi connectivity index (χ3n) is 5.84. The number of nitrogens with zero attached hydrogens (tertiary/aromatic N) is 1. The van der Waals surface area contributed by atoms with Gasteiger partial charge in [-0.1, -0.05) is 42.5 Å². The summed E-state index contributed by atoms with van der Waals surface area (Å²) in [5.41, 5.74) is 1.36. The highest BCUT2D eigenvalue weighted by atomic mass is 19.4. The van der Waals surface area contributed by atoms with Crippen molar-refractivity contribution < 1.29 is 22.7 Å². The number of rotatable bonds is 5. The summed E-state index contributed by atoms with van der Waals surface area (Å²) in [4.78, 5) is 14.1. The lowest BCUT2D eigenvalue weighted by molar-refractivity contribution is -0.142. The molecule has 0 aromatic heterocycles. The molecule has 3 nitrogen and oxygen atoms in total. The highest BCUT2D eigenvalue weighted by molar-refractivity contribution is 5.69. The first-order valence-electron chi connectivity index (χ1n) is 9.84. The van der Waals surface area contributed by atoms with Crippen molar-refractivity contribution in [3.8, 4) is 0 Å². The molecule has 156 valence electrons. The van der Waals surface area contributed by atoms with Crippen LogP contribution in [0.1, 0.15) is 55.0 Å². The number of hydrogen-bond donors (Lipinski definition) is 0. The van der Waals surface area contributed by atoms with Gasteiger partial charge in [0.25, 0.3) is 0 Å².